The molecule has 14 heteroatoms. The van der Waals surface area contributed by atoms with Crippen molar-refractivity contribution in [1.82, 2.24) is 24.5 Å². The Morgan fingerprint density at radius 2 is 1.00 bits per heavy atom. The van der Waals surface area contributed by atoms with Crippen LogP contribution in [0.1, 0.15) is 12.8 Å². The van der Waals surface area contributed by atoms with Crippen molar-refractivity contribution in [3.8, 4) is 0 Å². The standard InChI is InChI=1S/C21H35N5O9/c27-17(26(15-21(34)35)16-1-2-16)11-22-3-5-23(12-18(28)29)7-9-25(14-20(32)33)10-8-24(6-4-22)13-19(30)31/h16H,1-15H2,(H,28,29)(H,30,31)(H,32,33)(H,34,35)/p-2. The Kier molecular flexibility index (Phi) is 11.3. The van der Waals surface area contributed by atoms with Gasteiger partial charge in [0.1, 0.15) is 6.54 Å². The molecule has 0 spiro atoms. The van der Waals surface area contributed by atoms with Gasteiger partial charge in [-0.1, -0.05) is 0 Å². The topological polar surface area (TPSA) is 188 Å². The first-order valence-corrected chi connectivity index (χ1v) is 11.6. The molecule has 198 valence electrons. The van der Waals surface area contributed by atoms with Crippen molar-refractivity contribution in [3.63, 3.8) is 0 Å². The molecular formula is C21H33N5O9-2. The lowest BCUT2D eigenvalue weighted by Crippen LogP contribution is -2.52. The Balaban J connectivity index is 2.14. The van der Waals surface area contributed by atoms with Crippen molar-refractivity contribution in [2.45, 2.75) is 18.9 Å². The van der Waals surface area contributed by atoms with Crippen molar-refractivity contribution in [2.75, 3.05) is 85.1 Å². The summed E-state index contributed by atoms with van der Waals surface area (Å²) >= 11 is 0. The van der Waals surface area contributed by atoms with Crippen LogP contribution in [0.25, 0.3) is 0 Å². The average Bonchev–Trinajstić information content (AvgIpc) is 3.57. The van der Waals surface area contributed by atoms with Gasteiger partial charge in [0, 0.05) is 71.5 Å². The summed E-state index contributed by atoms with van der Waals surface area (Å²) in [6, 6.07) is -0.0983. The van der Waals surface area contributed by atoms with Crippen molar-refractivity contribution >= 4 is 29.8 Å². The fraction of sp³-hybridized carbons (Fsp3) is 0.762. The second-order valence-corrected chi connectivity index (χ2v) is 8.89. The summed E-state index contributed by atoms with van der Waals surface area (Å²) in [5.74, 6) is -5.08. The minimum Gasteiger partial charge on any atom is -0.549 e. The van der Waals surface area contributed by atoms with E-state index in [0.717, 1.165) is 12.8 Å². The lowest BCUT2D eigenvalue weighted by atomic mass is 10.3. The molecule has 1 heterocycles. The van der Waals surface area contributed by atoms with Crippen LogP contribution >= 0.6 is 0 Å². The molecule has 1 amide bonds. The van der Waals surface area contributed by atoms with Crippen molar-refractivity contribution < 1.29 is 44.4 Å². The van der Waals surface area contributed by atoms with Gasteiger partial charge in [0.15, 0.2) is 0 Å². The average molecular weight is 500 g/mol. The molecule has 0 atom stereocenters. The lowest BCUT2D eigenvalue weighted by molar-refractivity contribution is -0.308. The van der Waals surface area contributed by atoms with Crippen LogP contribution in [-0.2, 0) is 24.0 Å². The monoisotopic (exact) mass is 499 g/mol. The first-order valence-electron chi connectivity index (χ1n) is 11.6. The SMILES string of the molecule is O=C([O-])CN1CCN(CC(=O)[O-])CCN(CC(=O)N(CC(=O)O)C2CC2)CCN(CC(=O)O)CC1. The summed E-state index contributed by atoms with van der Waals surface area (Å²) in [5, 5.41) is 40.8. The van der Waals surface area contributed by atoms with Gasteiger partial charge in [-0.3, -0.25) is 34.0 Å². The van der Waals surface area contributed by atoms with E-state index in [1.54, 1.807) is 19.6 Å². The van der Waals surface area contributed by atoms with Gasteiger partial charge < -0.3 is 34.9 Å². The highest BCUT2D eigenvalue weighted by molar-refractivity contribution is 5.83. The van der Waals surface area contributed by atoms with Crippen molar-refractivity contribution in [2.24, 2.45) is 0 Å². The number of carboxylic acid groups (broad SMARTS) is 4. The molecule has 2 N–H and O–H groups in total. The molecule has 35 heavy (non-hydrogen) atoms. The first-order chi connectivity index (χ1) is 16.5. The third kappa shape index (κ3) is 11.4. The maximum absolute atomic E-state index is 12.9. The zero-order chi connectivity index (χ0) is 26.0. The fourth-order valence-corrected chi connectivity index (χ4v) is 4.00. The van der Waals surface area contributed by atoms with Crippen LogP contribution in [0.3, 0.4) is 0 Å². The number of hydrogen-bond donors (Lipinski definition) is 2. The molecular weight excluding hydrogens is 466 g/mol. The first kappa shape index (κ1) is 28.4. The van der Waals surface area contributed by atoms with E-state index in [9.17, 15) is 39.3 Å². The molecule has 0 aromatic carbocycles. The van der Waals surface area contributed by atoms with Crippen LogP contribution in [0.5, 0.6) is 0 Å². The summed E-state index contributed by atoms with van der Waals surface area (Å²) in [4.78, 5) is 65.6. The van der Waals surface area contributed by atoms with Crippen LogP contribution in [0.2, 0.25) is 0 Å². The number of amides is 1. The maximum Gasteiger partial charge on any atom is 0.323 e. The predicted octanol–water partition coefficient (Wildman–Crippen LogP) is -5.13. The molecule has 1 saturated heterocycles. The van der Waals surface area contributed by atoms with Gasteiger partial charge in [0.05, 0.1) is 25.0 Å². The molecule has 1 saturated carbocycles. The summed E-state index contributed by atoms with van der Waals surface area (Å²) in [7, 11) is 0. The molecule has 1 aliphatic heterocycles. The number of aliphatic carboxylic acids is 4. The van der Waals surface area contributed by atoms with Gasteiger partial charge >= 0.3 is 11.9 Å². The molecule has 14 nitrogen and oxygen atoms in total. The van der Waals surface area contributed by atoms with Crippen LogP contribution in [0, 0.1) is 0 Å². The third-order valence-electron chi connectivity index (χ3n) is 5.97. The number of carbonyl (C=O) groups excluding carboxylic acids is 3. The Morgan fingerprint density at radius 1 is 0.629 bits per heavy atom. The highest BCUT2D eigenvalue weighted by atomic mass is 16.4. The van der Waals surface area contributed by atoms with Gasteiger partial charge in [-0.2, -0.15) is 0 Å². The maximum atomic E-state index is 12.9. The van der Waals surface area contributed by atoms with Crippen LogP contribution in [0.15, 0.2) is 0 Å². The minimum atomic E-state index is -1.29. The highest BCUT2D eigenvalue weighted by Crippen LogP contribution is 2.26. The molecule has 2 fully saturated rings. The van der Waals surface area contributed by atoms with Gasteiger partial charge in [-0.15, -0.1) is 0 Å². The van der Waals surface area contributed by atoms with Crippen LogP contribution < -0.4 is 10.2 Å². The quantitative estimate of drug-likeness (QED) is 0.275. The van der Waals surface area contributed by atoms with E-state index < -0.39 is 30.4 Å². The molecule has 2 aliphatic rings. The van der Waals surface area contributed by atoms with E-state index in [-0.39, 0.29) is 90.5 Å². The van der Waals surface area contributed by atoms with E-state index in [1.165, 1.54) is 4.90 Å². The van der Waals surface area contributed by atoms with E-state index in [4.69, 9.17) is 5.11 Å². The largest absolute Gasteiger partial charge is 0.549 e. The molecule has 0 bridgehead atoms. The molecule has 1 aliphatic carbocycles. The summed E-state index contributed by atoms with van der Waals surface area (Å²) in [6.07, 6.45) is 1.49. The second kappa shape index (κ2) is 13.9. The smallest absolute Gasteiger partial charge is 0.323 e. The molecule has 2 rings (SSSR count). The Labute approximate surface area is 203 Å². The number of hydrogen-bond acceptors (Lipinski definition) is 11. The Hall–Kier alpha value is -2.81. The predicted molar refractivity (Wildman–Crippen MR) is 116 cm³/mol. The normalized spacial score (nSPS) is 19.9. The summed E-state index contributed by atoms with van der Waals surface area (Å²) < 4.78 is 0. The lowest BCUT2D eigenvalue weighted by Gasteiger charge is -2.34. The molecule has 0 aromatic heterocycles. The zero-order valence-corrected chi connectivity index (χ0v) is 19.7. The van der Waals surface area contributed by atoms with Gasteiger partial charge in [0.25, 0.3) is 0 Å². The Morgan fingerprint density at radius 3 is 1.31 bits per heavy atom. The zero-order valence-electron chi connectivity index (χ0n) is 19.7. The summed E-state index contributed by atoms with van der Waals surface area (Å²) in [5.41, 5.74) is 0. The van der Waals surface area contributed by atoms with Crippen LogP contribution in [0.4, 0.5) is 0 Å². The fourth-order valence-electron chi connectivity index (χ4n) is 4.00. The number of carbonyl (C=O) groups is 5. The van der Waals surface area contributed by atoms with Gasteiger partial charge in [0.2, 0.25) is 5.91 Å². The van der Waals surface area contributed by atoms with Gasteiger partial charge in [-0.05, 0) is 12.8 Å². The van der Waals surface area contributed by atoms with Crippen LogP contribution in [-0.4, -0.2) is 156 Å². The van der Waals surface area contributed by atoms with E-state index >= 15 is 0 Å². The number of rotatable bonds is 11. The Bertz CT molecular complexity index is 744. The molecule has 0 radical (unpaired) electrons. The van der Waals surface area contributed by atoms with E-state index in [0.29, 0.717) is 0 Å². The number of carboxylic acids is 4. The van der Waals surface area contributed by atoms with Gasteiger partial charge in [-0.25, -0.2) is 0 Å². The summed E-state index contributed by atoms with van der Waals surface area (Å²) in [6.45, 7) is 0.464. The highest BCUT2D eigenvalue weighted by Gasteiger charge is 2.34. The third-order valence-corrected chi connectivity index (χ3v) is 5.97. The van der Waals surface area contributed by atoms with E-state index in [1.807, 2.05) is 0 Å². The molecule has 0 aromatic rings. The van der Waals surface area contributed by atoms with Crippen molar-refractivity contribution in [1.29, 1.82) is 0 Å². The van der Waals surface area contributed by atoms with Crippen molar-refractivity contribution in [3.05, 3.63) is 0 Å². The van der Waals surface area contributed by atoms with E-state index in [2.05, 4.69) is 0 Å². The second-order valence-electron chi connectivity index (χ2n) is 8.89. The minimum absolute atomic E-state index is 0.0827. The number of nitrogens with zero attached hydrogens (tertiary/aromatic N) is 5. The molecule has 0 unspecified atom stereocenters.